The first-order chi connectivity index (χ1) is 11.8. The first-order valence-electron chi connectivity index (χ1n) is 8.13. The Bertz CT molecular complexity index is 746. The van der Waals surface area contributed by atoms with E-state index >= 15 is 0 Å². The molecule has 0 aromatic carbocycles. The van der Waals surface area contributed by atoms with Crippen molar-refractivity contribution in [2.45, 2.75) is 25.5 Å². The van der Waals surface area contributed by atoms with E-state index in [-0.39, 0.29) is 18.2 Å². The number of hydrogen-bond donors (Lipinski definition) is 0. The van der Waals surface area contributed by atoms with Crippen molar-refractivity contribution in [3.8, 4) is 0 Å². The smallest absolute Gasteiger partial charge is 0.269 e. The van der Waals surface area contributed by atoms with Crippen molar-refractivity contribution in [1.29, 1.82) is 0 Å². The van der Waals surface area contributed by atoms with Crippen molar-refractivity contribution in [3.63, 3.8) is 0 Å². The average molecular weight is 333 g/mol. The van der Waals surface area contributed by atoms with Gasteiger partial charge >= 0.3 is 0 Å². The number of nitrogens with zero attached hydrogens (tertiary/aromatic N) is 5. The van der Waals surface area contributed by atoms with Crippen molar-refractivity contribution in [3.05, 3.63) is 34.3 Å². The minimum Gasteiger partial charge on any atom is -0.378 e. The molecule has 0 bridgehead atoms. The Labute approximate surface area is 138 Å². The SMILES string of the molecule is O=c1cc(N2CCOCC2)cnn1Cc1noc(C2CCCO2)n1. The molecule has 2 aromatic rings. The Kier molecular flexibility index (Phi) is 4.26. The molecule has 24 heavy (non-hydrogen) atoms. The lowest BCUT2D eigenvalue weighted by Gasteiger charge is -2.28. The van der Waals surface area contributed by atoms with Gasteiger partial charge in [0, 0.05) is 25.8 Å². The molecule has 2 aliphatic heterocycles. The third kappa shape index (κ3) is 3.17. The van der Waals surface area contributed by atoms with Gasteiger partial charge < -0.3 is 18.9 Å². The van der Waals surface area contributed by atoms with Crippen LogP contribution in [0.3, 0.4) is 0 Å². The second kappa shape index (κ2) is 6.70. The molecule has 2 aromatic heterocycles. The van der Waals surface area contributed by atoms with Crippen LogP contribution in [-0.2, 0) is 16.0 Å². The highest BCUT2D eigenvalue weighted by Crippen LogP contribution is 2.26. The van der Waals surface area contributed by atoms with E-state index in [1.807, 2.05) is 0 Å². The van der Waals surface area contributed by atoms with Crippen LogP contribution >= 0.6 is 0 Å². The monoisotopic (exact) mass is 333 g/mol. The largest absolute Gasteiger partial charge is 0.378 e. The number of hydrogen-bond acceptors (Lipinski definition) is 8. The molecule has 2 fully saturated rings. The summed E-state index contributed by atoms with van der Waals surface area (Å²) in [5, 5.41) is 8.14. The number of morpholine rings is 1. The summed E-state index contributed by atoms with van der Waals surface area (Å²) in [4.78, 5) is 18.7. The molecule has 2 saturated heterocycles. The molecule has 9 nitrogen and oxygen atoms in total. The molecule has 2 aliphatic rings. The average Bonchev–Trinajstić information content (AvgIpc) is 3.29. The van der Waals surface area contributed by atoms with Crippen molar-refractivity contribution in [2.75, 3.05) is 37.8 Å². The van der Waals surface area contributed by atoms with Crippen molar-refractivity contribution in [1.82, 2.24) is 19.9 Å². The molecular formula is C15H19N5O4. The van der Waals surface area contributed by atoms with E-state index in [1.54, 1.807) is 12.3 Å². The molecule has 1 atom stereocenters. The summed E-state index contributed by atoms with van der Waals surface area (Å²) in [6.45, 7) is 3.75. The van der Waals surface area contributed by atoms with Gasteiger partial charge in [-0.25, -0.2) is 4.68 Å². The van der Waals surface area contributed by atoms with Crippen LogP contribution in [0.15, 0.2) is 21.6 Å². The molecule has 0 amide bonds. The third-order valence-corrected chi connectivity index (χ3v) is 4.21. The molecule has 128 valence electrons. The van der Waals surface area contributed by atoms with Gasteiger partial charge in [-0.05, 0) is 12.8 Å². The van der Waals surface area contributed by atoms with Crippen LogP contribution < -0.4 is 10.5 Å². The van der Waals surface area contributed by atoms with Crippen molar-refractivity contribution in [2.24, 2.45) is 0 Å². The first kappa shape index (κ1) is 15.3. The number of aromatic nitrogens is 4. The summed E-state index contributed by atoms with van der Waals surface area (Å²) in [6, 6.07) is 1.58. The summed E-state index contributed by atoms with van der Waals surface area (Å²) in [5.74, 6) is 0.898. The Hall–Kier alpha value is -2.26. The molecule has 1 unspecified atom stereocenters. The maximum atomic E-state index is 12.3. The highest BCUT2D eigenvalue weighted by molar-refractivity contribution is 5.43. The summed E-state index contributed by atoms with van der Waals surface area (Å²) < 4.78 is 17.4. The quantitative estimate of drug-likeness (QED) is 0.791. The Morgan fingerprint density at radius 1 is 1.25 bits per heavy atom. The van der Waals surface area contributed by atoms with Gasteiger partial charge in [0.25, 0.3) is 11.4 Å². The fraction of sp³-hybridized carbons (Fsp3) is 0.600. The summed E-state index contributed by atoms with van der Waals surface area (Å²) in [7, 11) is 0. The van der Waals surface area contributed by atoms with Crippen LogP contribution in [0.4, 0.5) is 5.69 Å². The lowest BCUT2D eigenvalue weighted by atomic mass is 10.2. The summed E-state index contributed by atoms with van der Waals surface area (Å²) in [5.41, 5.74) is 0.621. The molecule has 0 spiro atoms. The zero-order valence-electron chi connectivity index (χ0n) is 13.3. The van der Waals surface area contributed by atoms with Gasteiger partial charge in [-0.2, -0.15) is 10.1 Å². The van der Waals surface area contributed by atoms with Gasteiger partial charge in [-0.15, -0.1) is 0 Å². The van der Waals surface area contributed by atoms with E-state index in [4.69, 9.17) is 14.0 Å². The van der Waals surface area contributed by atoms with Crippen LogP contribution in [0.2, 0.25) is 0 Å². The maximum absolute atomic E-state index is 12.3. The Morgan fingerprint density at radius 3 is 2.88 bits per heavy atom. The van der Waals surface area contributed by atoms with Crippen molar-refractivity contribution >= 4 is 5.69 Å². The number of anilines is 1. The third-order valence-electron chi connectivity index (χ3n) is 4.21. The van der Waals surface area contributed by atoms with Gasteiger partial charge in [-0.1, -0.05) is 5.16 Å². The zero-order valence-corrected chi connectivity index (χ0v) is 13.3. The minimum absolute atomic E-state index is 0.125. The zero-order chi connectivity index (χ0) is 16.4. The molecule has 0 radical (unpaired) electrons. The first-order valence-corrected chi connectivity index (χ1v) is 8.13. The van der Waals surface area contributed by atoms with E-state index < -0.39 is 0 Å². The maximum Gasteiger partial charge on any atom is 0.269 e. The lowest BCUT2D eigenvalue weighted by Crippen LogP contribution is -2.37. The van der Waals surface area contributed by atoms with E-state index in [2.05, 4.69) is 20.1 Å². The van der Waals surface area contributed by atoms with Gasteiger partial charge in [0.15, 0.2) is 5.82 Å². The van der Waals surface area contributed by atoms with E-state index in [1.165, 1.54) is 4.68 Å². The molecular weight excluding hydrogens is 314 g/mol. The second-order valence-electron chi connectivity index (χ2n) is 5.86. The summed E-state index contributed by atoms with van der Waals surface area (Å²) >= 11 is 0. The van der Waals surface area contributed by atoms with Crippen LogP contribution in [0, 0.1) is 0 Å². The molecule has 4 heterocycles. The molecule has 4 rings (SSSR count). The molecule has 0 N–H and O–H groups in total. The number of ether oxygens (including phenoxy) is 2. The van der Waals surface area contributed by atoms with E-state index in [9.17, 15) is 4.79 Å². The lowest BCUT2D eigenvalue weighted by molar-refractivity contribution is 0.0835. The minimum atomic E-state index is -0.192. The highest BCUT2D eigenvalue weighted by Gasteiger charge is 2.24. The number of rotatable bonds is 4. The molecule has 0 saturated carbocycles. The van der Waals surface area contributed by atoms with Crippen LogP contribution in [0.1, 0.15) is 30.7 Å². The van der Waals surface area contributed by atoms with Crippen molar-refractivity contribution < 1.29 is 14.0 Å². The van der Waals surface area contributed by atoms with Crippen LogP contribution in [0.5, 0.6) is 0 Å². The second-order valence-corrected chi connectivity index (χ2v) is 5.86. The van der Waals surface area contributed by atoms with Gasteiger partial charge in [-0.3, -0.25) is 4.79 Å². The van der Waals surface area contributed by atoms with E-state index in [0.29, 0.717) is 31.5 Å². The molecule has 0 aliphatic carbocycles. The molecule has 9 heteroatoms. The van der Waals surface area contributed by atoms with Gasteiger partial charge in [0.1, 0.15) is 12.6 Å². The Morgan fingerprint density at radius 2 is 2.12 bits per heavy atom. The standard InChI is InChI=1S/C15H19N5O4/c21-14-8-11(19-3-6-22-7-4-19)9-16-20(14)10-13-17-15(24-18-13)12-2-1-5-23-12/h8-9,12H,1-7,10H2. The van der Waals surface area contributed by atoms with Gasteiger partial charge in [0.05, 0.1) is 25.1 Å². The normalized spacial score (nSPS) is 21.3. The van der Waals surface area contributed by atoms with E-state index in [0.717, 1.165) is 31.6 Å². The fourth-order valence-electron chi connectivity index (χ4n) is 2.91. The Balaban J connectivity index is 1.47. The topological polar surface area (TPSA) is 95.5 Å². The fourth-order valence-corrected chi connectivity index (χ4v) is 2.91. The summed E-state index contributed by atoms with van der Waals surface area (Å²) in [6.07, 6.45) is 3.44. The predicted octanol–water partition coefficient (Wildman–Crippen LogP) is 0.363. The van der Waals surface area contributed by atoms with Crippen LogP contribution in [0.25, 0.3) is 0 Å². The van der Waals surface area contributed by atoms with Crippen LogP contribution in [-0.4, -0.2) is 52.8 Å². The predicted molar refractivity (Wildman–Crippen MR) is 82.9 cm³/mol. The highest BCUT2D eigenvalue weighted by atomic mass is 16.5. The van der Waals surface area contributed by atoms with Gasteiger partial charge in [0.2, 0.25) is 0 Å².